The second-order valence-corrected chi connectivity index (χ2v) is 6.09. The first-order chi connectivity index (χ1) is 12.6. The molecule has 0 aliphatic carbocycles. The number of anilines is 2. The molecule has 1 aromatic carbocycles. The third-order valence-corrected chi connectivity index (χ3v) is 4.20. The number of carbonyl (C=O) groups excluding carboxylic acids is 1. The molecular formula is C18H17N7O. The lowest BCUT2D eigenvalue weighted by Gasteiger charge is -2.27. The number of aryl methyl sites for hydroxylation is 1. The number of allylic oxidation sites excluding steroid dienone is 1. The Balaban J connectivity index is 1.75. The Morgan fingerprint density at radius 3 is 2.85 bits per heavy atom. The minimum atomic E-state index is -0.507. The molecule has 0 bridgehead atoms. The molecule has 1 unspecified atom stereocenters. The molecule has 3 aromatic rings. The zero-order chi connectivity index (χ0) is 18.1. The first-order valence-corrected chi connectivity index (χ1v) is 8.18. The maximum atomic E-state index is 13.1. The summed E-state index contributed by atoms with van der Waals surface area (Å²) < 4.78 is 1.57. The first-order valence-electron chi connectivity index (χ1n) is 8.18. The minimum Gasteiger partial charge on any atom is -0.326 e. The molecule has 0 radical (unpaired) electrons. The fourth-order valence-electron chi connectivity index (χ4n) is 3.04. The zero-order valence-corrected chi connectivity index (χ0v) is 14.3. The van der Waals surface area contributed by atoms with Crippen molar-refractivity contribution in [1.82, 2.24) is 25.2 Å². The standard InChI is InChI=1S/C18H17N7O/c1-11-6-5-7-13(10-11)21-17(26)15-12(2)20-18-22-23-24-25(18)16(15)14-8-3-4-9-19-14/h3-10,16H,1-2H3,(H,21,26)(H,20,22,24). The highest BCUT2D eigenvalue weighted by Crippen LogP contribution is 2.33. The molecule has 0 saturated carbocycles. The van der Waals surface area contributed by atoms with Crippen molar-refractivity contribution in [2.24, 2.45) is 0 Å². The van der Waals surface area contributed by atoms with Crippen molar-refractivity contribution in [3.05, 3.63) is 71.2 Å². The van der Waals surface area contributed by atoms with Gasteiger partial charge in [-0.3, -0.25) is 9.78 Å². The molecule has 8 heteroatoms. The van der Waals surface area contributed by atoms with Crippen molar-refractivity contribution >= 4 is 17.5 Å². The summed E-state index contributed by atoms with van der Waals surface area (Å²) in [6.45, 7) is 3.81. The minimum absolute atomic E-state index is 0.225. The number of rotatable bonds is 3. The van der Waals surface area contributed by atoms with Crippen molar-refractivity contribution in [3.8, 4) is 0 Å². The van der Waals surface area contributed by atoms with E-state index in [4.69, 9.17) is 0 Å². The number of carbonyl (C=O) groups is 1. The molecule has 8 nitrogen and oxygen atoms in total. The summed E-state index contributed by atoms with van der Waals surface area (Å²) in [5, 5.41) is 17.8. The van der Waals surface area contributed by atoms with Crippen LogP contribution < -0.4 is 10.6 Å². The van der Waals surface area contributed by atoms with Crippen molar-refractivity contribution in [3.63, 3.8) is 0 Å². The highest BCUT2D eigenvalue weighted by molar-refractivity contribution is 6.05. The summed E-state index contributed by atoms with van der Waals surface area (Å²) in [7, 11) is 0. The summed E-state index contributed by atoms with van der Waals surface area (Å²) in [6.07, 6.45) is 1.69. The Bertz CT molecular complexity index is 994. The number of tetrazole rings is 1. The van der Waals surface area contributed by atoms with Gasteiger partial charge in [-0.05, 0) is 54.1 Å². The second-order valence-electron chi connectivity index (χ2n) is 6.09. The van der Waals surface area contributed by atoms with Crippen LogP contribution in [0.1, 0.15) is 24.2 Å². The zero-order valence-electron chi connectivity index (χ0n) is 14.3. The molecule has 130 valence electrons. The van der Waals surface area contributed by atoms with Crippen LogP contribution in [0.15, 0.2) is 59.9 Å². The summed E-state index contributed by atoms with van der Waals surface area (Å²) in [6, 6.07) is 12.7. The number of fused-ring (bicyclic) bond motifs is 1. The van der Waals surface area contributed by atoms with E-state index in [0.717, 1.165) is 11.3 Å². The van der Waals surface area contributed by atoms with Crippen LogP contribution in [0.4, 0.5) is 11.6 Å². The van der Waals surface area contributed by atoms with E-state index in [0.29, 0.717) is 22.9 Å². The van der Waals surface area contributed by atoms with Gasteiger partial charge in [0.25, 0.3) is 5.91 Å². The van der Waals surface area contributed by atoms with Gasteiger partial charge in [0.05, 0.1) is 11.3 Å². The van der Waals surface area contributed by atoms with E-state index in [1.165, 1.54) is 0 Å². The molecule has 1 aliphatic rings. The number of nitrogens with zero attached hydrogens (tertiary/aromatic N) is 5. The van der Waals surface area contributed by atoms with Crippen LogP contribution in [-0.2, 0) is 4.79 Å². The number of amides is 1. The van der Waals surface area contributed by atoms with Crippen molar-refractivity contribution < 1.29 is 4.79 Å². The fourth-order valence-corrected chi connectivity index (χ4v) is 3.04. The normalized spacial score (nSPS) is 16.0. The van der Waals surface area contributed by atoms with Gasteiger partial charge < -0.3 is 10.6 Å². The molecule has 26 heavy (non-hydrogen) atoms. The number of nitrogens with one attached hydrogen (secondary N) is 2. The molecule has 2 N–H and O–H groups in total. The van der Waals surface area contributed by atoms with E-state index in [1.807, 2.05) is 56.3 Å². The third-order valence-electron chi connectivity index (χ3n) is 4.20. The highest BCUT2D eigenvalue weighted by Gasteiger charge is 2.34. The average Bonchev–Trinajstić information content (AvgIpc) is 3.09. The van der Waals surface area contributed by atoms with Gasteiger partial charge >= 0.3 is 0 Å². The lowest BCUT2D eigenvalue weighted by atomic mass is 9.98. The molecule has 1 atom stereocenters. The van der Waals surface area contributed by atoms with Crippen LogP contribution in [0, 0.1) is 6.92 Å². The Hall–Kier alpha value is -3.55. The second kappa shape index (κ2) is 6.40. The summed E-state index contributed by atoms with van der Waals surface area (Å²) in [5.74, 6) is 0.252. The fraction of sp³-hybridized carbons (Fsp3) is 0.167. The van der Waals surface area contributed by atoms with Gasteiger partial charge in [0.15, 0.2) is 0 Å². The summed E-state index contributed by atoms with van der Waals surface area (Å²) in [5.41, 5.74) is 3.70. The first kappa shape index (κ1) is 15.9. The van der Waals surface area contributed by atoms with Crippen LogP contribution in [0.2, 0.25) is 0 Å². The van der Waals surface area contributed by atoms with E-state index >= 15 is 0 Å². The van der Waals surface area contributed by atoms with Crippen LogP contribution in [0.25, 0.3) is 0 Å². The summed E-state index contributed by atoms with van der Waals surface area (Å²) >= 11 is 0. The number of aromatic nitrogens is 5. The molecular weight excluding hydrogens is 330 g/mol. The largest absolute Gasteiger partial charge is 0.326 e. The van der Waals surface area contributed by atoms with E-state index < -0.39 is 6.04 Å². The Labute approximate surface area is 150 Å². The van der Waals surface area contributed by atoms with E-state index in [9.17, 15) is 4.79 Å². The van der Waals surface area contributed by atoms with Crippen molar-refractivity contribution in [2.45, 2.75) is 19.9 Å². The van der Waals surface area contributed by atoms with Crippen LogP contribution >= 0.6 is 0 Å². The maximum absolute atomic E-state index is 13.1. The predicted octanol–water partition coefficient (Wildman–Crippen LogP) is 2.30. The van der Waals surface area contributed by atoms with Gasteiger partial charge in [-0.15, -0.1) is 0 Å². The maximum Gasteiger partial charge on any atom is 0.255 e. The lowest BCUT2D eigenvalue weighted by molar-refractivity contribution is -0.113. The summed E-state index contributed by atoms with van der Waals surface area (Å²) in [4.78, 5) is 17.5. The van der Waals surface area contributed by atoms with Crippen molar-refractivity contribution in [2.75, 3.05) is 10.6 Å². The van der Waals surface area contributed by atoms with E-state index in [1.54, 1.807) is 10.9 Å². The molecule has 2 aromatic heterocycles. The molecule has 0 fully saturated rings. The molecule has 0 spiro atoms. The number of benzene rings is 1. The Morgan fingerprint density at radius 2 is 2.08 bits per heavy atom. The Morgan fingerprint density at radius 1 is 1.19 bits per heavy atom. The lowest BCUT2D eigenvalue weighted by Crippen LogP contribution is -2.32. The van der Waals surface area contributed by atoms with Gasteiger partial charge in [-0.25, -0.2) is 0 Å². The van der Waals surface area contributed by atoms with Gasteiger partial charge in [-0.1, -0.05) is 23.3 Å². The average molecular weight is 347 g/mol. The number of hydrogen-bond acceptors (Lipinski definition) is 6. The van der Waals surface area contributed by atoms with Crippen LogP contribution in [0.5, 0.6) is 0 Å². The topological polar surface area (TPSA) is 97.6 Å². The molecule has 3 heterocycles. The smallest absolute Gasteiger partial charge is 0.255 e. The predicted molar refractivity (Wildman–Crippen MR) is 96.3 cm³/mol. The third kappa shape index (κ3) is 2.81. The van der Waals surface area contributed by atoms with E-state index in [-0.39, 0.29) is 5.91 Å². The highest BCUT2D eigenvalue weighted by atomic mass is 16.1. The van der Waals surface area contributed by atoms with Crippen molar-refractivity contribution in [1.29, 1.82) is 0 Å². The van der Waals surface area contributed by atoms with E-state index in [2.05, 4.69) is 31.1 Å². The van der Waals surface area contributed by atoms with Crippen LogP contribution in [0.3, 0.4) is 0 Å². The Kier molecular flexibility index (Phi) is 3.92. The van der Waals surface area contributed by atoms with Gasteiger partial charge in [-0.2, -0.15) is 4.68 Å². The molecule has 1 amide bonds. The molecule has 1 aliphatic heterocycles. The molecule has 4 rings (SSSR count). The van der Waals surface area contributed by atoms with Crippen LogP contribution in [-0.4, -0.2) is 31.1 Å². The number of pyridine rings is 1. The van der Waals surface area contributed by atoms with Gasteiger partial charge in [0, 0.05) is 17.6 Å². The quantitative estimate of drug-likeness (QED) is 0.754. The van der Waals surface area contributed by atoms with Gasteiger partial charge in [0.2, 0.25) is 5.95 Å². The monoisotopic (exact) mass is 347 g/mol. The number of hydrogen-bond donors (Lipinski definition) is 2. The SMILES string of the molecule is CC1=C(C(=O)Nc2cccc(C)c2)C(c2ccccn2)n2nnnc2N1. The molecule has 0 saturated heterocycles. The van der Waals surface area contributed by atoms with Gasteiger partial charge in [0.1, 0.15) is 6.04 Å².